The first-order chi connectivity index (χ1) is 8.35. The van der Waals surface area contributed by atoms with Gasteiger partial charge >= 0.3 is 0 Å². The van der Waals surface area contributed by atoms with Crippen LogP contribution in [0.15, 0.2) is 24.3 Å². The minimum atomic E-state index is 0.0361. The zero-order valence-electron chi connectivity index (χ0n) is 10.1. The molecule has 1 aromatic carbocycles. The van der Waals surface area contributed by atoms with Crippen molar-refractivity contribution < 1.29 is 14.6 Å². The van der Waals surface area contributed by atoms with E-state index in [1.165, 1.54) is 0 Å². The van der Waals surface area contributed by atoms with Crippen molar-refractivity contribution in [2.45, 2.75) is 6.04 Å². The zero-order chi connectivity index (χ0) is 12.1. The normalized spacial score (nSPS) is 18.9. The standard InChI is InChI=1S/C13H19NO3/c1-16-12-4-2-3-11(9-12)13(10-15)14-5-7-17-8-6-14/h2-4,9,13,15H,5-8,10H2,1H3/t13-/m0/s1. The summed E-state index contributed by atoms with van der Waals surface area (Å²) < 4.78 is 10.5. The van der Waals surface area contributed by atoms with Crippen molar-refractivity contribution in [3.05, 3.63) is 29.8 Å². The van der Waals surface area contributed by atoms with E-state index in [1.54, 1.807) is 7.11 Å². The van der Waals surface area contributed by atoms with Gasteiger partial charge in [-0.3, -0.25) is 4.90 Å². The van der Waals surface area contributed by atoms with Gasteiger partial charge in [0.2, 0.25) is 0 Å². The molecule has 1 aliphatic heterocycles. The van der Waals surface area contributed by atoms with Crippen LogP contribution in [0.5, 0.6) is 5.75 Å². The molecule has 4 nitrogen and oxygen atoms in total. The summed E-state index contributed by atoms with van der Waals surface area (Å²) in [7, 11) is 1.65. The number of nitrogens with zero attached hydrogens (tertiary/aromatic N) is 1. The highest BCUT2D eigenvalue weighted by atomic mass is 16.5. The lowest BCUT2D eigenvalue weighted by Gasteiger charge is -2.33. The fourth-order valence-electron chi connectivity index (χ4n) is 2.17. The van der Waals surface area contributed by atoms with Crippen molar-refractivity contribution in [2.24, 2.45) is 0 Å². The van der Waals surface area contributed by atoms with E-state index in [-0.39, 0.29) is 12.6 Å². The molecule has 0 radical (unpaired) electrons. The Bertz CT molecular complexity index is 350. The summed E-state index contributed by atoms with van der Waals surface area (Å²) in [5, 5.41) is 9.57. The molecule has 1 atom stereocenters. The van der Waals surface area contributed by atoms with E-state index in [0.29, 0.717) is 0 Å². The van der Waals surface area contributed by atoms with Crippen LogP contribution < -0.4 is 4.74 Å². The molecule has 0 bridgehead atoms. The largest absolute Gasteiger partial charge is 0.497 e. The fraction of sp³-hybridized carbons (Fsp3) is 0.538. The number of rotatable bonds is 4. The molecule has 1 heterocycles. The van der Waals surface area contributed by atoms with Crippen molar-refractivity contribution in [1.82, 2.24) is 4.90 Å². The third-order valence-corrected chi connectivity index (χ3v) is 3.14. The molecule has 2 rings (SSSR count). The van der Waals surface area contributed by atoms with Crippen LogP contribution in [0.1, 0.15) is 11.6 Å². The van der Waals surface area contributed by atoms with Gasteiger partial charge in [-0.25, -0.2) is 0 Å². The van der Waals surface area contributed by atoms with E-state index in [4.69, 9.17) is 9.47 Å². The van der Waals surface area contributed by atoms with Crippen LogP contribution in [-0.4, -0.2) is 50.0 Å². The predicted octanol–water partition coefficient (Wildman–Crippen LogP) is 1.06. The molecule has 1 N–H and O–H groups in total. The number of aliphatic hydroxyl groups excluding tert-OH is 1. The second-order valence-corrected chi connectivity index (χ2v) is 4.12. The smallest absolute Gasteiger partial charge is 0.119 e. The van der Waals surface area contributed by atoms with Crippen LogP contribution in [-0.2, 0) is 4.74 Å². The molecule has 94 valence electrons. The van der Waals surface area contributed by atoms with Crippen molar-refractivity contribution >= 4 is 0 Å². The molecule has 1 fully saturated rings. The summed E-state index contributed by atoms with van der Waals surface area (Å²) in [5.74, 6) is 0.828. The average molecular weight is 237 g/mol. The minimum Gasteiger partial charge on any atom is -0.497 e. The Balaban J connectivity index is 2.15. The van der Waals surface area contributed by atoms with E-state index >= 15 is 0 Å². The van der Waals surface area contributed by atoms with Gasteiger partial charge in [-0.05, 0) is 17.7 Å². The summed E-state index contributed by atoms with van der Waals surface area (Å²) in [4.78, 5) is 2.25. The molecule has 4 heteroatoms. The van der Waals surface area contributed by atoms with Gasteiger partial charge in [0.1, 0.15) is 5.75 Å². The Morgan fingerprint density at radius 1 is 1.41 bits per heavy atom. The van der Waals surface area contributed by atoms with Crippen LogP contribution in [0.3, 0.4) is 0 Å². The number of aliphatic hydroxyl groups is 1. The number of hydrogen-bond acceptors (Lipinski definition) is 4. The maximum absolute atomic E-state index is 9.57. The molecular formula is C13H19NO3. The number of methoxy groups -OCH3 is 1. The summed E-state index contributed by atoms with van der Waals surface area (Å²) in [5.41, 5.74) is 1.09. The first-order valence-electron chi connectivity index (χ1n) is 5.91. The van der Waals surface area contributed by atoms with Crippen molar-refractivity contribution in [3.8, 4) is 5.75 Å². The number of hydrogen-bond donors (Lipinski definition) is 1. The second kappa shape index (κ2) is 6.00. The van der Waals surface area contributed by atoms with Crippen LogP contribution in [0.25, 0.3) is 0 Å². The predicted molar refractivity (Wildman–Crippen MR) is 65.2 cm³/mol. The summed E-state index contributed by atoms with van der Waals surface area (Å²) in [6, 6.07) is 7.91. The number of morpholine rings is 1. The molecule has 1 saturated heterocycles. The van der Waals surface area contributed by atoms with Gasteiger partial charge in [0, 0.05) is 13.1 Å². The molecule has 0 aliphatic carbocycles. The van der Waals surface area contributed by atoms with Crippen LogP contribution in [0.2, 0.25) is 0 Å². The number of benzene rings is 1. The fourth-order valence-corrected chi connectivity index (χ4v) is 2.17. The van der Waals surface area contributed by atoms with Crippen molar-refractivity contribution in [2.75, 3.05) is 40.0 Å². The Labute approximate surface area is 102 Å². The molecule has 1 aromatic rings. The Morgan fingerprint density at radius 2 is 2.18 bits per heavy atom. The quantitative estimate of drug-likeness (QED) is 0.850. The first kappa shape index (κ1) is 12.4. The summed E-state index contributed by atoms with van der Waals surface area (Å²) in [6.07, 6.45) is 0. The van der Waals surface area contributed by atoms with Crippen molar-refractivity contribution in [1.29, 1.82) is 0 Å². The van der Waals surface area contributed by atoms with Gasteiger partial charge in [-0.2, -0.15) is 0 Å². The highest BCUT2D eigenvalue weighted by molar-refractivity contribution is 5.30. The van der Waals surface area contributed by atoms with E-state index in [2.05, 4.69) is 4.90 Å². The topological polar surface area (TPSA) is 41.9 Å². The Hall–Kier alpha value is -1.10. The molecule has 0 spiro atoms. The first-order valence-corrected chi connectivity index (χ1v) is 5.91. The lowest BCUT2D eigenvalue weighted by atomic mass is 10.1. The lowest BCUT2D eigenvalue weighted by Crippen LogP contribution is -2.40. The molecule has 0 saturated carbocycles. The van der Waals surface area contributed by atoms with Crippen LogP contribution in [0, 0.1) is 0 Å². The molecule has 0 aromatic heterocycles. The van der Waals surface area contributed by atoms with Gasteiger partial charge < -0.3 is 14.6 Å². The van der Waals surface area contributed by atoms with E-state index in [0.717, 1.165) is 37.6 Å². The summed E-state index contributed by atoms with van der Waals surface area (Å²) in [6.45, 7) is 3.32. The molecular weight excluding hydrogens is 218 g/mol. The molecule has 17 heavy (non-hydrogen) atoms. The Kier molecular flexibility index (Phi) is 4.36. The van der Waals surface area contributed by atoms with Crippen LogP contribution >= 0.6 is 0 Å². The molecule has 0 amide bonds. The van der Waals surface area contributed by atoms with Gasteiger partial charge in [0.05, 0.1) is 33.0 Å². The third kappa shape index (κ3) is 2.97. The highest BCUT2D eigenvalue weighted by Crippen LogP contribution is 2.24. The molecule has 1 aliphatic rings. The van der Waals surface area contributed by atoms with E-state index < -0.39 is 0 Å². The van der Waals surface area contributed by atoms with Gasteiger partial charge in [-0.1, -0.05) is 12.1 Å². The number of ether oxygens (including phenoxy) is 2. The monoisotopic (exact) mass is 237 g/mol. The van der Waals surface area contributed by atoms with E-state index in [1.807, 2.05) is 24.3 Å². The highest BCUT2D eigenvalue weighted by Gasteiger charge is 2.21. The van der Waals surface area contributed by atoms with E-state index in [9.17, 15) is 5.11 Å². The van der Waals surface area contributed by atoms with Crippen molar-refractivity contribution in [3.63, 3.8) is 0 Å². The zero-order valence-corrected chi connectivity index (χ0v) is 10.1. The van der Waals surface area contributed by atoms with Gasteiger partial charge in [0.15, 0.2) is 0 Å². The van der Waals surface area contributed by atoms with Gasteiger partial charge in [-0.15, -0.1) is 0 Å². The maximum atomic E-state index is 9.57. The Morgan fingerprint density at radius 3 is 2.82 bits per heavy atom. The summed E-state index contributed by atoms with van der Waals surface area (Å²) >= 11 is 0. The maximum Gasteiger partial charge on any atom is 0.119 e. The third-order valence-electron chi connectivity index (χ3n) is 3.14. The minimum absolute atomic E-state index is 0.0361. The second-order valence-electron chi connectivity index (χ2n) is 4.12. The average Bonchev–Trinajstić information content (AvgIpc) is 2.41. The lowest BCUT2D eigenvalue weighted by molar-refractivity contribution is 0.00256. The molecule has 0 unspecified atom stereocenters. The van der Waals surface area contributed by atoms with Crippen LogP contribution in [0.4, 0.5) is 0 Å². The van der Waals surface area contributed by atoms with Gasteiger partial charge in [0.25, 0.3) is 0 Å². The SMILES string of the molecule is COc1cccc([C@H](CO)N2CCOCC2)c1.